The van der Waals surface area contributed by atoms with E-state index in [1.54, 1.807) is 12.1 Å². The van der Waals surface area contributed by atoms with Gasteiger partial charge in [0.1, 0.15) is 5.82 Å². The summed E-state index contributed by atoms with van der Waals surface area (Å²) in [5.74, 6) is 1.01. The molecule has 3 aromatic rings. The molecule has 2 aliphatic rings. The van der Waals surface area contributed by atoms with Crippen LogP contribution < -0.4 is 26.1 Å². The Balaban J connectivity index is 1.30. The summed E-state index contributed by atoms with van der Waals surface area (Å²) >= 11 is 0. The van der Waals surface area contributed by atoms with Crippen LogP contribution in [0.4, 0.5) is 21.1 Å². The molecule has 0 bridgehead atoms. The van der Waals surface area contributed by atoms with E-state index >= 15 is 0 Å². The second-order valence-electron chi connectivity index (χ2n) is 10.7. The van der Waals surface area contributed by atoms with E-state index in [4.69, 9.17) is 9.72 Å². The fraction of sp³-hybridized carbons (Fsp3) is 0.467. The molecule has 0 spiro atoms. The summed E-state index contributed by atoms with van der Waals surface area (Å²) in [6, 6.07) is 7.95. The molecule has 13 heteroatoms. The molecule has 0 unspecified atom stereocenters. The summed E-state index contributed by atoms with van der Waals surface area (Å²) in [5, 5.41) is 20.5. The first-order chi connectivity index (χ1) is 20.9. The molecule has 2 aromatic heterocycles. The molecule has 1 fully saturated rings. The van der Waals surface area contributed by atoms with Crippen molar-refractivity contribution in [3.05, 3.63) is 69.0 Å². The zero-order valence-electron chi connectivity index (χ0n) is 24.3. The number of halogens is 1. The number of piperidine rings is 1. The second-order valence-corrected chi connectivity index (χ2v) is 10.7. The lowest BCUT2D eigenvalue weighted by Crippen LogP contribution is -2.46. The topological polar surface area (TPSA) is 129 Å². The first-order valence-corrected chi connectivity index (χ1v) is 14.6. The SMILES string of the molecule is CN(c1nccc(=O)n1COC(=O)N(CCO)CCO)C1CCN(c2nc3c(n2Cc2ccc(F)cc2)=CCCC=3)CC1. The van der Waals surface area contributed by atoms with E-state index in [0.717, 1.165) is 61.0 Å². The second kappa shape index (κ2) is 13.8. The van der Waals surface area contributed by atoms with Crippen LogP contribution in [0, 0.1) is 5.82 Å². The number of amides is 1. The minimum Gasteiger partial charge on any atom is -0.427 e. The number of aliphatic hydroxyl groups excluding tert-OH is 2. The average Bonchev–Trinajstić information content (AvgIpc) is 3.39. The van der Waals surface area contributed by atoms with Gasteiger partial charge in [0, 0.05) is 51.5 Å². The van der Waals surface area contributed by atoms with Gasteiger partial charge in [0.2, 0.25) is 11.9 Å². The summed E-state index contributed by atoms with van der Waals surface area (Å²) in [6.07, 6.45) is 8.55. The third-order valence-corrected chi connectivity index (χ3v) is 7.95. The molecule has 5 rings (SSSR count). The van der Waals surface area contributed by atoms with Crippen molar-refractivity contribution in [3.8, 4) is 0 Å². The number of ether oxygens (including phenoxy) is 1. The number of benzene rings is 1. The summed E-state index contributed by atoms with van der Waals surface area (Å²) in [7, 11) is 1.88. The monoisotopic (exact) mass is 595 g/mol. The van der Waals surface area contributed by atoms with Gasteiger partial charge in [0.15, 0.2) is 6.73 Å². The fourth-order valence-electron chi connectivity index (χ4n) is 5.64. The van der Waals surface area contributed by atoms with E-state index in [1.165, 1.54) is 33.9 Å². The first-order valence-electron chi connectivity index (χ1n) is 14.6. The molecule has 230 valence electrons. The van der Waals surface area contributed by atoms with Crippen LogP contribution in [0.3, 0.4) is 0 Å². The minimum atomic E-state index is -0.742. The molecule has 3 heterocycles. The summed E-state index contributed by atoms with van der Waals surface area (Å²) < 4.78 is 22.4. The molecule has 1 saturated heterocycles. The molecule has 0 radical (unpaired) electrons. The lowest BCUT2D eigenvalue weighted by molar-refractivity contribution is 0.0628. The highest BCUT2D eigenvalue weighted by Crippen LogP contribution is 2.23. The van der Waals surface area contributed by atoms with Crippen LogP contribution in [0.1, 0.15) is 31.2 Å². The summed E-state index contributed by atoms with van der Waals surface area (Å²) in [5.41, 5.74) is 0.639. The summed E-state index contributed by atoms with van der Waals surface area (Å²) in [6.45, 7) is 1.17. The predicted octanol–water partition coefficient (Wildman–Crippen LogP) is 0.468. The smallest absolute Gasteiger partial charge is 0.411 e. The van der Waals surface area contributed by atoms with E-state index in [9.17, 15) is 24.2 Å². The Labute approximate surface area is 248 Å². The number of imidazole rings is 1. The Kier molecular flexibility index (Phi) is 9.72. The van der Waals surface area contributed by atoms with E-state index in [-0.39, 0.29) is 50.5 Å². The van der Waals surface area contributed by atoms with Crippen LogP contribution >= 0.6 is 0 Å². The number of carbonyl (C=O) groups is 1. The molecule has 1 aromatic carbocycles. The number of rotatable bonds is 11. The van der Waals surface area contributed by atoms with E-state index in [0.29, 0.717) is 12.5 Å². The molecule has 0 saturated carbocycles. The summed E-state index contributed by atoms with van der Waals surface area (Å²) in [4.78, 5) is 40.1. The molecule has 43 heavy (non-hydrogen) atoms. The van der Waals surface area contributed by atoms with Gasteiger partial charge in [-0.2, -0.15) is 0 Å². The van der Waals surface area contributed by atoms with Crippen LogP contribution in [0.2, 0.25) is 0 Å². The van der Waals surface area contributed by atoms with Crippen molar-refractivity contribution in [2.75, 3.05) is 56.2 Å². The highest BCUT2D eigenvalue weighted by atomic mass is 19.1. The van der Waals surface area contributed by atoms with E-state index in [1.807, 2.05) is 11.9 Å². The Morgan fingerprint density at radius 1 is 1.05 bits per heavy atom. The van der Waals surface area contributed by atoms with Crippen LogP contribution in [0.15, 0.2) is 41.3 Å². The van der Waals surface area contributed by atoms with Gasteiger partial charge >= 0.3 is 6.09 Å². The van der Waals surface area contributed by atoms with Crippen molar-refractivity contribution in [3.63, 3.8) is 0 Å². The largest absolute Gasteiger partial charge is 0.427 e. The van der Waals surface area contributed by atoms with E-state index < -0.39 is 6.09 Å². The van der Waals surface area contributed by atoms with Crippen LogP contribution in [0.25, 0.3) is 12.2 Å². The van der Waals surface area contributed by atoms with Crippen LogP contribution in [-0.4, -0.2) is 92.8 Å². The Bertz CT molecular complexity index is 1580. The third kappa shape index (κ3) is 6.89. The predicted molar refractivity (Wildman–Crippen MR) is 160 cm³/mol. The van der Waals surface area contributed by atoms with Crippen LogP contribution in [-0.2, 0) is 18.0 Å². The molecule has 1 amide bonds. The number of hydrogen-bond donors (Lipinski definition) is 2. The number of carbonyl (C=O) groups excluding carboxylic acids is 1. The molecule has 1 aliphatic heterocycles. The molecule has 0 atom stereocenters. The number of aromatic nitrogens is 4. The van der Waals surface area contributed by atoms with Crippen molar-refractivity contribution < 1.29 is 24.1 Å². The van der Waals surface area contributed by atoms with Gasteiger partial charge in [-0.25, -0.2) is 23.7 Å². The maximum Gasteiger partial charge on any atom is 0.411 e. The number of aliphatic hydroxyl groups is 2. The lowest BCUT2D eigenvalue weighted by atomic mass is 10.0. The maximum absolute atomic E-state index is 13.5. The molecule has 1 aliphatic carbocycles. The molecular weight excluding hydrogens is 557 g/mol. The van der Waals surface area contributed by atoms with Gasteiger partial charge in [-0.1, -0.05) is 24.3 Å². The molecular formula is C30H38FN7O5. The van der Waals surface area contributed by atoms with Crippen molar-refractivity contribution in [2.45, 2.75) is 45.0 Å². The van der Waals surface area contributed by atoms with Crippen molar-refractivity contribution >= 4 is 30.1 Å². The Morgan fingerprint density at radius 2 is 1.74 bits per heavy atom. The normalized spacial score (nSPS) is 14.9. The van der Waals surface area contributed by atoms with E-state index in [2.05, 4.69) is 26.6 Å². The lowest BCUT2D eigenvalue weighted by Gasteiger charge is -2.38. The number of fused-ring (bicyclic) bond motifs is 1. The van der Waals surface area contributed by atoms with Gasteiger partial charge < -0.3 is 34.2 Å². The maximum atomic E-state index is 13.5. The first kappa shape index (κ1) is 30.2. The van der Waals surface area contributed by atoms with Crippen molar-refractivity contribution in [1.82, 2.24) is 24.0 Å². The van der Waals surface area contributed by atoms with Gasteiger partial charge in [-0.3, -0.25) is 4.79 Å². The Morgan fingerprint density at radius 3 is 2.44 bits per heavy atom. The quantitative estimate of drug-likeness (QED) is 0.325. The van der Waals surface area contributed by atoms with Gasteiger partial charge in [-0.05, 0) is 43.4 Å². The third-order valence-electron chi connectivity index (χ3n) is 7.95. The zero-order chi connectivity index (χ0) is 30.3. The van der Waals surface area contributed by atoms with Gasteiger partial charge in [0.25, 0.3) is 5.56 Å². The minimum absolute atomic E-state index is 0.00779. The molecule has 12 nitrogen and oxygen atoms in total. The number of anilines is 2. The number of hydrogen-bond acceptors (Lipinski definition) is 9. The highest BCUT2D eigenvalue weighted by Gasteiger charge is 2.28. The van der Waals surface area contributed by atoms with Crippen LogP contribution in [0.5, 0.6) is 0 Å². The Hall–Kier alpha value is -4.23. The fourth-order valence-corrected chi connectivity index (χ4v) is 5.64. The average molecular weight is 596 g/mol. The van der Waals surface area contributed by atoms with Crippen molar-refractivity contribution in [1.29, 1.82) is 0 Å². The standard InChI is InChI=1S/C30H38FN7O5/c1-34(28-32-13-10-27(41)38(28)21-43-30(42)36(16-18-39)17-19-40)24-11-14-35(15-12-24)29-33-25-4-2-3-5-26(25)37(29)20-22-6-8-23(31)9-7-22/h4-10,13,24,39-40H,2-3,11-12,14-21H2,1H3. The van der Waals surface area contributed by atoms with Gasteiger partial charge in [0.05, 0.1) is 30.5 Å². The highest BCUT2D eigenvalue weighted by molar-refractivity contribution is 5.67. The molecule has 2 N–H and O–H groups in total. The number of nitrogens with zero attached hydrogens (tertiary/aromatic N) is 7. The van der Waals surface area contributed by atoms with Gasteiger partial charge in [-0.15, -0.1) is 0 Å². The zero-order valence-corrected chi connectivity index (χ0v) is 24.3. The van der Waals surface area contributed by atoms with Crippen molar-refractivity contribution in [2.24, 2.45) is 0 Å².